The van der Waals surface area contributed by atoms with Crippen LogP contribution in [0.4, 0.5) is 4.39 Å². The quantitative estimate of drug-likeness (QED) is 0.664. The van der Waals surface area contributed by atoms with Crippen molar-refractivity contribution >= 4 is 17.7 Å². The van der Waals surface area contributed by atoms with E-state index in [-0.39, 0.29) is 16.8 Å². The molecule has 2 aromatic rings. The lowest BCUT2D eigenvalue weighted by molar-refractivity contribution is 0.0316. The van der Waals surface area contributed by atoms with E-state index in [4.69, 9.17) is 9.47 Å². The van der Waals surface area contributed by atoms with Gasteiger partial charge in [-0.05, 0) is 44.5 Å². The number of nitrogens with one attached hydrogen (secondary N) is 1. The van der Waals surface area contributed by atoms with Crippen LogP contribution in [0, 0.1) is 19.7 Å². The van der Waals surface area contributed by atoms with E-state index in [0.717, 1.165) is 6.07 Å². The molecular weight excluding hydrogens is 329 g/mol. The fourth-order valence-corrected chi connectivity index (χ4v) is 2.51. The van der Waals surface area contributed by atoms with Crippen molar-refractivity contribution in [3.8, 4) is 0 Å². The lowest BCUT2D eigenvalue weighted by atomic mass is 10.1. The molecule has 0 radical (unpaired) electrons. The summed E-state index contributed by atoms with van der Waals surface area (Å²) in [6.45, 7) is 4.65. The van der Waals surface area contributed by atoms with Gasteiger partial charge in [0.15, 0.2) is 6.10 Å². The second-order valence-corrected chi connectivity index (χ2v) is 5.54. The Morgan fingerprint density at radius 2 is 1.84 bits per heavy atom. The highest BCUT2D eigenvalue weighted by Gasteiger charge is 2.27. The van der Waals surface area contributed by atoms with Crippen LogP contribution in [0.1, 0.15) is 49.4 Å². The number of halogens is 1. The van der Waals surface area contributed by atoms with Gasteiger partial charge >= 0.3 is 11.9 Å². The third-order valence-corrected chi connectivity index (χ3v) is 3.79. The Morgan fingerprint density at radius 3 is 2.44 bits per heavy atom. The number of aryl methyl sites for hydroxylation is 1. The molecule has 0 aliphatic heterocycles. The van der Waals surface area contributed by atoms with Crippen molar-refractivity contribution in [3.63, 3.8) is 0 Å². The first kappa shape index (κ1) is 18.4. The van der Waals surface area contributed by atoms with E-state index < -0.39 is 29.6 Å². The van der Waals surface area contributed by atoms with Crippen LogP contribution in [-0.4, -0.2) is 35.9 Å². The second kappa shape index (κ2) is 7.29. The molecular formula is C18H18FNO5. The highest BCUT2D eigenvalue weighted by atomic mass is 19.1. The molecule has 2 rings (SSSR count). The predicted octanol–water partition coefficient (Wildman–Crippen LogP) is 2.99. The molecule has 7 heteroatoms. The van der Waals surface area contributed by atoms with Crippen molar-refractivity contribution in [3.05, 3.63) is 58.2 Å². The maximum Gasteiger partial charge on any atom is 0.339 e. The summed E-state index contributed by atoms with van der Waals surface area (Å²) >= 11 is 0. The maximum atomic E-state index is 13.2. The number of ether oxygens (including phenoxy) is 2. The molecule has 25 heavy (non-hydrogen) atoms. The van der Waals surface area contributed by atoms with Crippen molar-refractivity contribution in [2.75, 3.05) is 7.11 Å². The molecule has 0 spiro atoms. The topological polar surface area (TPSA) is 85.5 Å². The Hall–Kier alpha value is -2.96. The molecule has 1 heterocycles. The zero-order valence-electron chi connectivity index (χ0n) is 14.3. The molecule has 1 unspecified atom stereocenters. The van der Waals surface area contributed by atoms with Gasteiger partial charge in [-0.25, -0.2) is 14.0 Å². The standard InChI is InChI=1S/C18H18FNO5/c1-9-14(18(23)24-4)10(2)20-15(9)16(21)11(3)25-17(22)12-6-5-7-13(19)8-12/h5-8,11,20H,1-4H3. The number of H-pyrrole nitrogens is 1. The molecule has 6 nitrogen and oxygen atoms in total. The average Bonchev–Trinajstić information content (AvgIpc) is 2.87. The summed E-state index contributed by atoms with van der Waals surface area (Å²) in [5.74, 6) is -2.45. The zero-order chi connectivity index (χ0) is 18.7. The first-order valence-corrected chi connectivity index (χ1v) is 7.54. The van der Waals surface area contributed by atoms with Gasteiger partial charge in [-0.1, -0.05) is 6.07 Å². The van der Waals surface area contributed by atoms with Crippen LogP contribution >= 0.6 is 0 Å². The smallest absolute Gasteiger partial charge is 0.339 e. The van der Waals surface area contributed by atoms with Gasteiger partial charge < -0.3 is 14.5 Å². The fourth-order valence-electron chi connectivity index (χ4n) is 2.51. The molecule has 1 aromatic carbocycles. The minimum atomic E-state index is -1.11. The van der Waals surface area contributed by atoms with Gasteiger partial charge in [0.2, 0.25) is 5.78 Å². The minimum Gasteiger partial charge on any atom is -0.465 e. The Bertz CT molecular complexity index is 840. The molecule has 1 aromatic heterocycles. The number of aromatic amines is 1. The summed E-state index contributed by atoms with van der Waals surface area (Å²) in [6.07, 6.45) is -1.11. The first-order chi connectivity index (χ1) is 11.8. The summed E-state index contributed by atoms with van der Waals surface area (Å²) in [5, 5.41) is 0. The van der Waals surface area contributed by atoms with Gasteiger partial charge in [0.1, 0.15) is 5.82 Å². The number of esters is 2. The van der Waals surface area contributed by atoms with Crippen molar-refractivity contribution in [2.45, 2.75) is 26.9 Å². The highest BCUT2D eigenvalue weighted by molar-refractivity contribution is 6.04. The van der Waals surface area contributed by atoms with Crippen molar-refractivity contribution in [2.24, 2.45) is 0 Å². The molecule has 1 N–H and O–H groups in total. The predicted molar refractivity (Wildman–Crippen MR) is 87.2 cm³/mol. The van der Waals surface area contributed by atoms with Crippen LogP contribution < -0.4 is 0 Å². The second-order valence-electron chi connectivity index (χ2n) is 5.54. The maximum absolute atomic E-state index is 13.2. The largest absolute Gasteiger partial charge is 0.465 e. The molecule has 0 aliphatic carbocycles. The van der Waals surface area contributed by atoms with E-state index in [1.165, 1.54) is 32.2 Å². The molecule has 1 atom stereocenters. The van der Waals surface area contributed by atoms with Gasteiger partial charge in [0.05, 0.1) is 23.9 Å². The van der Waals surface area contributed by atoms with Gasteiger partial charge in [0, 0.05) is 5.69 Å². The SMILES string of the molecule is COC(=O)c1c(C)[nH]c(C(=O)C(C)OC(=O)c2cccc(F)c2)c1C. The number of carbonyl (C=O) groups is 3. The van der Waals surface area contributed by atoms with Gasteiger partial charge in [-0.15, -0.1) is 0 Å². The lowest BCUT2D eigenvalue weighted by Gasteiger charge is -2.12. The molecule has 0 bridgehead atoms. The molecule has 132 valence electrons. The Labute approximate surface area is 143 Å². The minimum absolute atomic E-state index is 0.00860. The van der Waals surface area contributed by atoms with E-state index in [1.54, 1.807) is 13.8 Å². The normalized spacial score (nSPS) is 11.7. The number of hydrogen-bond donors (Lipinski definition) is 1. The third-order valence-electron chi connectivity index (χ3n) is 3.79. The van der Waals surface area contributed by atoms with Crippen LogP contribution in [0.15, 0.2) is 24.3 Å². The summed E-state index contributed by atoms with van der Waals surface area (Å²) < 4.78 is 23.0. The number of methoxy groups -OCH3 is 1. The number of carbonyl (C=O) groups excluding carboxylic acids is 3. The average molecular weight is 347 g/mol. The number of hydrogen-bond acceptors (Lipinski definition) is 5. The van der Waals surface area contributed by atoms with Gasteiger partial charge in [0.25, 0.3) is 0 Å². The van der Waals surface area contributed by atoms with Crippen LogP contribution in [0.3, 0.4) is 0 Å². The summed E-state index contributed by atoms with van der Waals surface area (Å²) in [5.41, 5.74) is 1.35. The molecule has 0 aliphatic rings. The Morgan fingerprint density at radius 1 is 1.16 bits per heavy atom. The number of ketones is 1. The van der Waals surface area contributed by atoms with E-state index in [9.17, 15) is 18.8 Å². The zero-order valence-corrected chi connectivity index (χ0v) is 14.3. The number of rotatable bonds is 5. The lowest BCUT2D eigenvalue weighted by Crippen LogP contribution is -2.25. The Kier molecular flexibility index (Phi) is 5.36. The number of aromatic nitrogens is 1. The Balaban J connectivity index is 2.20. The summed E-state index contributed by atoms with van der Waals surface area (Å²) in [4.78, 5) is 39.2. The summed E-state index contributed by atoms with van der Waals surface area (Å²) in [6, 6.07) is 4.99. The molecule has 0 fully saturated rings. The highest BCUT2D eigenvalue weighted by Crippen LogP contribution is 2.21. The number of Topliss-reactive ketones (excluding diaryl/α,β-unsaturated/α-hetero) is 1. The van der Waals surface area contributed by atoms with Gasteiger partial charge in [-0.2, -0.15) is 0 Å². The van der Waals surface area contributed by atoms with Crippen LogP contribution in [0.5, 0.6) is 0 Å². The van der Waals surface area contributed by atoms with E-state index in [0.29, 0.717) is 11.3 Å². The van der Waals surface area contributed by atoms with Crippen molar-refractivity contribution in [1.29, 1.82) is 0 Å². The van der Waals surface area contributed by atoms with E-state index in [2.05, 4.69) is 4.98 Å². The monoisotopic (exact) mass is 347 g/mol. The van der Waals surface area contributed by atoms with Gasteiger partial charge in [-0.3, -0.25) is 4.79 Å². The number of benzene rings is 1. The fraction of sp³-hybridized carbons (Fsp3) is 0.278. The molecule has 0 saturated carbocycles. The third kappa shape index (κ3) is 3.76. The van der Waals surface area contributed by atoms with E-state index >= 15 is 0 Å². The van der Waals surface area contributed by atoms with Crippen LogP contribution in [0.2, 0.25) is 0 Å². The van der Waals surface area contributed by atoms with Crippen molar-refractivity contribution in [1.82, 2.24) is 4.98 Å². The van der Waals surface area contributed by atoms with Crippen molar-refractivity contribution < 1.29 is 28.2 Å². The van der Waals surface area contributed by atoms with Crippen LogP contribution in [0.25, 0.3) is 0 Å². The molecule has 0 amide bonds. The van der Waals surface area contributed by atoms with Crippen LogP contribution in [-0.2, 0) is 9.47 Å². The molecule has 0 saturated heterocycles. The summed E-state index contributed by atoms with van der Waals surface area (Å²) in [7, 11) is 1.25. The van der Waals surface area contributed by atoms with E-state index in [1.807, 2.05) is 0 Å². The first-order valence-electron chi connectivity index (χ1n) is 7.54.